The molecule has 11 nitrogen and oxygen atoms in total. The minimum Gasteiger partial charge on any atom is -0.465 e. The predicted octanol–water partition coefficient (Wildman–Crippen LogP) is 1.88. The fourth-order valence-electron chi connectivity index (χ4n) is 4.29. The summed E-state index contributed by atoms with van der Waals surface area (Å²) in [5.41, 5.74) is 1.18. The molecule has 1 aliphatic heterocycles. The van der Waals surface area contributed by atoms with Crippen molar-refractivity contribution in [2.75, 3.05) is 26.2 Å². The van der Waals surface area contributed by atoms with Gasteiger partial charge in [-0.3, -0.25) is 24.7 Å². The fraction of sp³-hybridized carbons (Fsp3) is 0.310. The van der Waals surface area contributed by atoms with Gasteiger partial charge in [-0.2, -0.15) is 4.72 Å². The van der Waals surface area contributed by atoms with E-state index in [1.165, 1.54) is 6.07 Å². The third-order valence-corrected chi connectivity index (χ3v) is 7.92. The number of fused-ring (bicyclic) bond motifs is 1. The predicted molar refractivity (Wildman–Crippen MR) is 155 cm³/mol. The van der Waals surface area contributed by atoms with Gasteiger partial charge in [-0.25, -0.2) is 8.42 Å². The lowest BCUT2D eigenvalue weighted by molar-refractivity contribution is -0.144. The Kier molecular flexibility index (Phi) is 10.0. The van der Waals surface area contributed by atoms with Crippen molar-refractivity contribution in [1.82, 2.24) is 20.7 Å². The first-order chi connectivity index (χ1) is 19.8. The van der Waals surface area contributed by atoms with Gasteiger partial charge in [-0.05, 0) is 48.9 Å². The van der Waals surface area contributed by atoms with E-state index >= 15 is 0 Å². The molecular formula is C29H33N5O6S. The first kappa shape index (κ1) is 29.7. The summed E-state index contributed by atoms with van der Waals surface area (Å²) >= 11 is 0. The van der Waals surface area contributed by atoms with E-state index in [1.54, 1.807) is 67.6 Å². The highest BCUT2D eigenvalue weighted by Gasteiger charge is 2.28. The molecule has 0 unspecified atom stereocenters. The number of carbonyl (C=O) groups is 3. The van der Waals surface area contributed by atoms with Gasteiger partial charge >= 0.3 is 5.97 Å². The molecule has 0 bridgehead atoms. The number of hydrogen-bond acceptors (Lipinski definition) is 8. The Balaban J connectivity index is 1.36. The van der Waals surface area contributed by atoms with Crippen LogP contribution in [0.4, 0.5) is 0 Å². The van der Waals surface area contributed by atoms with E-state index < -0.39 is 27.9 Å². The molecule has 216 valence electrons. The molecule has 0 spiro atoms. The van der Waals surface area contributed by atoms with Crippen LogP contribution in [0.3, 0.4) is 0 Å². The minimum absolute atomic E-state index is 0.0171. The first-order valence-electron chi connectivity index (χ1n) is 13.4. The lowest BCUT2D eigenvalue weighted by atomic mass is 10.1. The van der Waals surface area contributed by atoms with Crippen molar-refractivity contribution in [1.29, 1.82) is 0 Å². The van der Waals surface area contributed by atoms with Gasteiger partial charge in [0, 0.05) is 37.0 Å². The SMILES string of the molecule is CCOC(=O)[C@H](CNC(=O)c1ccc(CCC(=O)NC2=NCCCN2)cc1)NS(=O)(=O)c1cccc2ccccc12. The molecule has 3 aromatic rings. The maximum absolute atomic E-state index is 13.3. The molecule has 0 saturated heterocycles. The van der Waals surface area contributed by atoms with Gasteiger partial charge in [0.05, 0.1) is 11.5 Å². The highest BCUT2D eigenvalue weighted by Crippen LogP contribution is 2.23. The number of ether oxygens (including phenoxy) is 1. The van der Waals surface area contributed by atoms with Crippen LogP contribution in [0, 0.1) is 0 Å². The molecular weight excluding hydrogens is 546 g/mol. The summed E-state index contributed by atoms with van der Waals surface area (Å²) in [5.74, 6) is -0.960. The maximum Gasteiger partial charge on any atom is 0.326 e. The molecule has 2 amide bonds. The first-order valence-corrected chi connectivity index (χ1v) is 14.9. The molecule has 1 atom stereocenters. The summed E-state index contributed by atoms with van der Waals surface area (Å²) in [7, 11) is -4.14. The van der Waals surface area contributed by atoms with E-state index in [0.717, 1.165) is 23.9 Å². The van der Waals surface area contributed by atoms with Crippen LogP contribution in [-0.4, -0.2) is 64.4 Å². The van der Waals surface area contributed by atoms with E-state index in [1.807, 2.05) is 0 Å². The van der Waals surface area contributed by atoms with Crippen LogP contribution >= 0.6 is 0 Å². The van der Waals surface area contributed by atoms with Crippen LogP contribution < -0.4 is 20.7 Å². The van der Waals surface area contributed by atoms with Gasteiger partial charge in [-0.15, -0.1) is 0 Å². The summed E-state index contributed by atoms with van der Waals surface area (Å²) in [6, 6.07) is 17.2. The number of aliphatic imine (C=N–C) groups is 1. The summed E-state index contributed by atoms with van der Waals surface area (Å²) in [5, 5.41) is 9.64. The van der Waals surface area contributed by atoms with Crippen LogP contribution in [0.25, 0.3) is 10.8 Å². The summed E-state index contributed by atoms with van der Waals surface area (Å²) < 4.78 is 34.0. The van der Waals surface area contributed by atoms with Crippen molar-refractivity contribution in [2.45, 2.75) is 37.1 Å². The molecule has 3 aromatic carbocycles. The van der Waals surface area contributed by atoms with E-state index in [0.29, 0.717) is 29.9 Å². The van der Waals surface area contributed by atoms with Crippen molar-refractivity contribution >= 4 is 44.5 Å². The van der Waals surface area contributed by atoms with Crippen LogP contribution in [-0.2, 0) is 30.8 Å². The Morgan fingerprint density at radius 2 is 1.78 bits per heavy atom. The van der Waals surface area contributed by atoms with Crippen molar-refractivity contribution < 1.29 is 27.5 Å². The highest BCUT2D eigenvalue weighted by atomic mass is 32.2. The van der Waals surface area contributed by atoms with Gasteiger partial charge in [-0.1, -0.05) is 48.5 Å². The van der Waals surface area contributed by atoms with Crippen LogP contribution in [0.1, 0.15) is 35.7 Å². The van der Waals surface area contributed by atoms with E-state index in [4.69, 9.17) is 4.74 Å². The van der Waals surface area contributed by atoms with Crippen LogP contribution in [0.2, 0.25) is 0 Å². The van der Waals surface area contributed by atoms with E-state index in [-0.39, 0.29) is 30.4 Å². The summed E-state index contributed by atoms with van der Waals surface area (Å²) in [6.45, 7) is 2.80. The molecule has 0 aliphatic carbocycles. The minimum atomic E-state index is -4.14. The second-order valence-electron chi connectivity index (χ2n) is 9.37. The van der Waals surface area contributed by atoms with Crippen molar-refractivity contribution in [3.63, 3.8) is 0 Å². The van der Waals surface area contributed by atoms with Gasteiger partial charge in [0.1, 0.15) is 6.04 Å². The van der Waals surface area contributed by atoms with Gasteiger partial charge in [0.25, 0.3) is 5.91 Å². The second-order valence-corrected chi connectivity index (χ2v) is 11.1. The number of nitrogens with zero attached hydrogens (tertiary/aromatic N) is 1. The Hall–Kier alpha value is -4.29. The van der Waals surface area contributed by atoms with Crippen molar-refractivity contribution in [2.24, 2.45) is 4.99 Å². The number of aryl methyl sites for hydroxylation is 1. The molecule has 12 heteroatoms. The number of rotatable bonds is 11. The van der Waals surface area contributed by atoms with Gasteiger partial charge in [0.15, 0.2) is 5.96 Å². The molecule has 0 aromatic heterocycles. The second kappa shape index (κ2) is 13.9. The number of benzene rings is 3. The van der Waals surface area contributed by atoms with Crippen molar-refractivity contribution in [3.8, 4) is 0 Å². The quantitative estimate of drug-likeness (QED) is 0.253. The van der Waals surface area contributed by atoms with Gasteiger partial charge in [0.2, 0.25) is 15.9 Å². The normalized spacial score (nSPS) is 13.9. The van der Waals surface area contributed by atoms with Gasteiger partial charge < -0.3 is 15.4 Å². The van der Waals surface area contributed by atoms with E-state index in [2.05, 4.69) is 25.7 Å². The third kappa shape index (κ3) is 8.12. The standard InChI is InChI=1S/C29H33N5O6S/c1-2-40-28(37)24(34-41(38,39)25-10-5-8-21-7-3-4-9-23(21)25)19-32-27(36)22-14-11-20(12-15-22)13-16-26(35)33-29-30-17-6-18-31-29/h3-5,7-12,14-15,24,34H,2,6,13,16-19H2,1H3,(H,32,36)(H2,30,31,33,35)/t24-/m0/s1. The number of sulfonamides is 1. The molecule has 1 heterocycles. The monoisotopic (exact) mass is 579 g/mol. The molecule has 0 radical (unpaired) electrons. The largest absolute Gasteiger partial charge is 0.465 e. The zero-order valence-corrected chi connectivity index (χ0v) is 23.5. The Labute approximate surface area is 238 Å². The van der Waals surface area contributed by atoms with E-state index in [9.17, 15) is 22.8 Å². The summed E-state index contributed by atoms with van der Waals surface area (Å²) in [6.07, 6.45) is 1.66. The Morgan fingerprint density at radius 3 is 2.51 bits per heavy atom. The molecule has 1 aliphatic rings. The topological polar surface area (TPSA) is 155 Å². The number of amides is 2. The zero-order valence-electron chi connectivity index (χ0n) is 22.7. The zero-order chi connectivity index (χ0) is 29.2. The lowest BCUT2D eigenvalue weighted by Crippen LogP contribution is -2.49. The highest BCUT2D eigenvalue weighted by molar-refractivity contribution is 7.89. The number of esters is 1. The Bertz CT molecular complexity index is 1530. The van der Waals surface area contributed by atoms with Crippen LogP contribution in [0.15, 0.2) is 76.6 Å². The molecule has 0 saturated carbocycles. The molecule has 4 N–H and O–H groups in total. The summed E-state index contributed by atoms with van der Waals surface area (Å²) in [4.78, 5) is 41.8. The van der Waals surface area contributed by atoms with Crippen LogP contribution in [0.5, 0.6) is 0 Å². The average molecular weight is 580 g/mol. The number of hydrogen-bond donors (Lipinski definition) is 4. The van der Waals surface area contributed by atoms with Crippen molar-refractivity contribution in [3.05, 3.63) is 77.9 Å². The number of carbonyl (C=O) groups excluding carboxylic acids is 3. The molecule has 0 fully saturated rings. The number of guanidine groups is 1. The molecule has 41 heavy (non-hydrogen) atoms. The smallest absolute Gasteiger partial charge is 0.326 e. The molecule has 4 rings (SSSR count). The maximum atomic E-state index is 13.3. The fourth-order valence-corrected chi connectivity index (χ4v) is 5.70. The lowest BCUT2D eigenvalue weighted by Gasteiger charge is -2.19. The third-order valence-electron chi connectivity index (χ3n) is 6.39. The number of nitrogens with one attached hydrogen (secondary N) is 4. The average Bonchev–Trinajstić information content (AvgIpc) is 2.98. The Morgan fingerprint density at radius 1 is 1.02 bits per heavy atom.